The van der Waals surface area contributed by atoms with Crippen LogP contribution in [0.4, 0.5) is 21.9 Å². The van der Waals surface area contributed by atoms with Crippen LogP contribution in [0.15, 0.2) is 48.5 Å². The Morgan fingerprint density at radius 2 is 1.84 bits per heavy atom. The van der Waals surface area contributed by atoms with Crippen molar-refractivity contribution in [1.29, 1.82) is 0 Å². The number of rotatable bonds is 1. The average Bonchev–Trinajstić information content (AvgIpc) is 2.39. The summed E-state index contributed by atoms with van der Waals surface area (Å²) in [6.07, 6.45) is 0. The van der Waals surface area contributed by atoms with E-state index in [1.807, 2.05) is 0 Å². The van der Waals surface area contributed by atoms with Crippen LogP contribution in [0.25, 0.3) is 0 Å². The van der Waals surface area contributed by atoms with Crippen LogP contribution in [-0.2, 0) is 0 Å². The lowest BCUT2D eigenvalue weighted by Gasteiger charge is -2.36. The van der Waals surface area contributed by atoms with Crippen molar-refractivity contribution in [3.63, 3.8) is 0 Å². The van der Waals surface area contributed by atoms with Crippen molar-refractivity contribution in [2.24, 2.45) is 0 Å². The Labute approximate surface area is 109 Å². The molecule has 0 saturated carbocycles. The van der Waals surface area contributed by atoms with Crippen LogP contribution in [0.5, 0.6) is 5.75 Å². The van der Waals surface area contributed by atoms with Gasteiger partial charge >= 0.3 is 6.03 Å². The molecule has 2 aromatic carbocycles. The molecule has 0 bridgehead atoms. The summed E-state index contributed by atoms with van der Waals surface area (Å²) in [6.45, 7) is 0. The van der Waals surface area contributed by atoms with Gasteiger partial charge in [0, 0.05) is 6.07 Å². The number of phenols is 1. The number of phenolic OH excluding ortho intramolecular Hbond substituents is 1. The number of nitrogens with one attached hydrogen (secondary N) is 1. The van der Waals surface area contributed by atoms with E-state index >= 15 is 0 Å². The van der Waals surface area contributed by atoms with E-state index < -0.39 is 6.03 Å². The number of fused-ring (bicyclic) bond motifs is 1. The van der Waals surface area contributed by atoms with Crippen molar-refractivity contribution in [3.05, 3.63) is 48.5 Å². The largest absolute Gasteiger partial charge is 0.508 e. The average molecular weight is 257 g/mol. The summed E-state index contributed by atoms with van der Waals surface area (Å²) in [4.78, 5) is 12.0. The number of hydrogen-bond acceptors (Lipinski definition) is 4. The number of carbonyl (C=O) groups excluding carboxylic acids is 1. The number of para-hydroxylation sites is 2. The molecule has 1 aliphatic rings. The van der Waals surface area contributed by atoms with Crippen LogP contribution >= 0.6 is 0 Å². The minimum Gasteiger partial charge on any atom is -0.508 e. The summed E-state index contributed by atoms with van der Waals surface area (Å²) in [7, 11) is 0. The van der Waals surface area contributed by atoms with Gasteiger partial charge in [-0.05, 0) is 24.3 Å². The van der Waals surface area contributed by atoms with Crippen molar-refractivity contribution in [1.82, 2.24) is 0 Å². The van der Waals surface area contributed by atoms with E-state index in [0.29, 0.717) is 17.1 Å². The fourth-order valence-electron chi connectivity index (χ4n) is 1.97. The topological polar surface area (TPSA) is 76.0 Å². The molecule has 0 saturated heterocycles. The Hall–Kier alpha value is -2.73. The number of urea groups is 1. The highest BCUT2D eigenvalue weighted by Crippen LogP contribution is 2.33. The van der Waals surface area contributed by atoms with Gasteiger partial charge in [0.25, 0.3) is 0 Å². The third-order valence-corrected chi connectivity index (χ3v) is 2.82. The van der Waals surface area contributed by atoms with Gasteiger partial charge in [-0.2, -0.15) is 10.2 Å². The predicted molar refractivity (Wildman–Crippen MR) is 70.3 cm³/mol. The molecule has 3 rings (SSSR count). The van der Waals surface area contributed by atoms with E-state index in [4.69, 9.17) is 0 Å². The summed E-state index contributed by atoms with van der Waals surface area (Å²) in [5.74, 6) is 0.0116. The van der Waals surface area contributed by atoms with E-state index in [2.05, 4.69) is 5.32 Å². The quantitative estimate of drug-likeness (QED) is 0.733. The van der Waals surface area contributed by atoms with Gasteiger partial charge in [0.2, 0.25) is 0 Å². The maximum absolute atomic E-state index is 12.0. The summed E-state index contributed by atoms with van der Waals surface area (Å²) in [5, 5.41) is 24.1. The van der Waals surface area contributed by atoms with Crippen molar-refractivity contribution < 1.29 is 15.1 Å². The molecule has 3 N–H and O–H groups in total. The maximum Gasteiger partial charge on any atom is 0.347 e. The zero-order valence-electron chi connectivity index (χ0n) is 9.82. The molecule has 2 amide bonds. The van der Waals surface area contributed by atoms with Crippen LogP contribution in [0.1, 0.15) is 0 Å². The summed E-state index contributed by atoms with van der Waals surface area (Å²) < 4.78 is 0. The second-order valence-electron chi connectivity index (χ2n) is 4.07. The number of benzene rings is 2. The molecule has 0 radical (unpaired) electrons. The number of carbonyl (C=O) groups is 1. The van der Waals surface area contributed by atoms with Gasteiger partial charge in [-0.15, -0.1) is 0 Å². The molecule has 1 heterocycles. The molecule has 0 fully saturated rings. The van der Waals surface area contributed by atoms with Crippen LogP contribution in [-0.4, -0.2) is 16.3 Å². The van der Waals surface area contributed by atoms with Crippen LogP contribution in [0.2, 0.25) is 0 Å². The fraction of sp³-hybridized carbons (Fsp3) is 0. The van der Waals surface area contributed by atoms with E-state index in [1.54, 1.807) is 36.4 Å². The van der Waals surface area contributed by atoms with E-state index in [9.17, 15) is 15.1 Å². The first-order chi connectivity index (χ1) is 9.16. The lowest BCUT2D eigenvalue weighted by atomic mass is 10.2. The van der Waals surface area contributed by atoms with Crippen LogP contribution < -0.4 is 15.5 Å². The van der Waals surface area contributed by atoms with Crippen LogP contribution in [0, 0.1) is 0 Å². The summed E-state index contributed by atoms with van der Waals surface area (Å²) in [5.41, 5.74) is 1.33. The molecule has 1 aliphatic heterocycles. The number of hydrazine groups is 1. The molecule has 96 valence electrons. The van der Waals surface area contributed by atoms with Gasteiger partial charge in [-0.3, -0.25) is 5.21 Å². The predicted octanol–water partition coefficient (Wildman–Crippen LogP) is 2.55. The first-order valence-electron chi connectivity index (χ1n) is 5.65. The van der Waals surface area contributed by atoms with Crippen molar-refractivity contribution >= 4 is 23.1 Å². The van der Waals surface area contributed by atoms with Gasteiger partial charge < -0.3 is 10.4 Å². The first-order valence-corrected chi connectivity index (χ1v) is 5.65. The van der Waals surface area contributed by atoms with Crippen molar-refractivity contribution in [2.45, 2.75) is 0 Å². The summed E-state index contributed by atoms with van der Waals surface area (Å²) in [6, 6.07) is 12.4. The molecule has 0 aliphatic carbocycles. The Bertz CT molecular complexity index is 645. The fourth-order valence-corrected chi connectivity index (χ4v) is 1.97. The second-order valence-corrected chi connectivity index (χ2v) is 4.07. The van der Waals surface area contributed by atoms with E-state index in [-0.39, 0.29) is 5.75 Å². The molecule has 0 spiro atoms. The van der Waals surface area contributed by atoms with Crippen LogP contribution in [0.3, 0.4) is 0 Å². The molecular weight excluding hydrogens is 246 g/mol. The zero-order chi connectivity index (χ0) is 13.4. The lowest BCUT2D eigenvalue weighted by Crippen LogP contribution is -2.50. The third kappa shape index (κ3) is 1.84. The normalized spacial score (nSPS) is 14.1. The number of aromatic hydroxyl groups is 1. The van der Waals surface area contributed by atoms with Gasteiger partial charge in [-0.1, -0.05) is 18.2 Å². The number of anilines is 3. The second kappa shape index (κ2) is 4.18. The number of nitrogens with zero attached hydrogens (tertiary/aromatic N) is 2. The smallest absolute Gasteiger partial charge is 0.347 e. The van der Waals surface area contributed by atoms with Crippen molar-refractivity contribution in [3.8, 4) is 5.75 Å². The van der Waals surface area contributed by atoms with Gasteiger partial charge in [0.1, 0.15) is 11.4 Å². The SMILES string of the molecule is O=C1Nc2ccccc2N(O)N1c1cccc(O)c1. The van der Waals surface area contributed by atoms with E-state index in [1.165, 1.54) is 12.1 Å². The van der Waals surface area contributed by atoms with Gasteiger partial charge in [0.15, 0.2) is 0 Å². The van der Waals surface area contributed by atoms with Gasteiger partial charge in [0.05, 0.1) is 11.4 Å². The van der Waals surface area contributed by atoms with E-state index in [0.717, 1.165) is 10.2 Å². The van der Waals surface area contributed by atoms with Crippen molar-refractivity contribution in [2.75, 3.05) is 15.5 Å². The minimum atomic E-state index is -0.508. The monoisotopic (exact) mass is 257 g/mol. The molecule has 6 heteroatoms. The molecule has 0 atom stereocenters. The maximum atomic E-state index is 12.0. The molecule has 6 nitrogen and oxygen atoms in total. The first kappa shape index (κ1) is 11.4. The summed E-state index contributed by atoms with van der Waals surface area (Å²) >= 11 is 0. The lowest BCUT2D eigenvalue weighted by molar-refractivity contribution is 0.221. The minimum absolute atomic E-state index is 0.0116. The molecule has 0 unspecified atom stereocenters. The highest BCUT2D eigenvalue weighted by atomic mass is 16.6. The Morgan fingerprint density at radius 3 is 2.63 bits per heavy atom. The highest BCUT2D eigenvalue weighted by Gasteiger charge is 2.30. The standard InChI is InChI=1S/C13H11N3O3/c17-10-5-3-4-9(8-10)15-13(18)14-11-6-1-2-7-12(11)16(15)19/h1-8,17,19H,(H,14,18). The highest BCUT2D eigenvalue weighted by molar-refractivity contribution is 6.08. The third-order valence-electron chi connectivity index (χ3n) is 2.82. The zero-order valence-corrected chi connectivity index (χ0v) is 9.82. The number of hydrogen-bond donors (Lipinski definition) is 3. The molecular formula is C13H11N3O3. The molecule has 2 aromatic rings. The number of amides is 2. The van der Waals surface area contributed by atoms with Gasteiger partial charge in [-0.25, -0.2) is 4.79 Å². The Balaban J connectivity index is 2.06. The Morgan fingerprint density at radius 1 is 1.05 bits per heavy atom. The molecule has 19 heavy (non-hydrogen) atoms. The molecule has 0 aromatic heterocycles. The Kier molecular flexibility index (Phi) is 2.50.